The Morgan fingerprint density at radius 1 is 1.21 bits per heavy atom. The van der Waals surface area contributed by atoms with Gasteiger partial charge < -0.3 is 4.74 Å². The van der Waals surface area contributed by atoms with Crippen molar-refractivity contribution >= 4 is 15.8 Å². The zero-order valence-electron chi connectivity index (χ0n) is 11.3. The normalized spacial score (nSPS) is 13.9. The van der Waals surface area contributed by atoms with Crippen molar-refractivity contribution in [1.82, 2.24) is 0 Å². The first-order valence-corrected chi connectivity index (χ1v) is 7.57. The molecule has 4 nitrogen and oxygen atoms in total. The summed E-state index contributed by atoms with van der Waals surface area (Å²) < 4.78 is 41.3. The van der Waals surface area contributed by atoms with Crippen LogP contribution >= 0.6 is 0 Å². The largest absolute Gasteiger partial charge is 0.458 e. The Kier molecular flexibility index (Phi) is 4.35. The summed E-state index contributed by atoms with van der Waals surface area (Å²) in [4.78, 5) is 11.6. The van der Waals surface area contributed by atoms with Gasteiger partial charge in [-0.3, -0.25) is 0 Å². The summed E-state index contributed by atoms with van der Waals surface area (Å²) in [6.45, 7) is 4.93. The number of hydrogen-bond acceptors (Lipinski definition) is 4. The smallest absolute Gasteiger partial charge is 0.345 e. The van der Waals surface area contributed by atoms with Crippen LogP contribution in [0, 0.1) is 0 Å². The van der Waals surface area contributed by atoms with Gasteiger partial charge in [0.2, 0.25) is 6.17 Å². The van der Waals surface area contributed by atoms with Gasteiger partial charge in [-0.1, -0.05) is 12.1 Å². The first-order valence-electron chi connectivity index (χ1n) is 5.68. The topological polar surface area (TPSA) is 60.4 Å². The molecule has 106 valence electrons. The van der Waals surface area contributed by atoms with E-state index in [1.54, 1.807) is 20.8 Å². The predicted molar refractivity (Wildman–Crippen MR) is 69.2 cm³/mol. The second kappa shape index (κ2) is 5.28. The molecule has 0 bridgehead atoms. The number of rotatable bonds is 3. The van der Waals surface area contributed by atoms with Gasteiger partial charge in [-0.05, 0) is 38.5 Å². The van der Waals surface area contributed by atoms with E-state index < -0.39 is 27.6 Å². The van der Waals surface area contributed by atoms with Crippen LogP contribution in [0.4, 0.5) is 4.39 Å². The van der Waals surface area contributed by atoms with Gasteiger partial charge >= 0.3 is 5.97 Å². The molecule has 0 saturated carbocycles. The SMILES string of the molecule is CC(C)(C)OC(=O)C(F)c1ccc(S(C)(=O)=O)cc1. The van der Waals surface area contributed by atoms with E-state index in [0.29, 0.717) is 0 Å². The molecule has 0 radical (unpaired) electrons. The third-order valence-electron chi connectivity index (χ3n) is 2.21. The number of carbonyl (C=O) groups excluding carboxylic acids is 1. The van der Waals surface area contributed by atoms with E-state index in [1.807, 2.05) is 0 Å². The third-order valence-corrected chi connectivity index (χ3v) is 3.34. The fraction of sp³-hybridized carbons (Fsp3) is 0.462. The summed E-state index contributed by atoms with van der Waals surface area (Å²) in [5.41, 5.74) is -0.699. The van der Waals surface area contributed by atoms with Crippen molar-refractivity contribution < 1.29 is 22.3 Å². The number of sulfone groups is 1. The quantitative estimate of drug-likeness (QED) is 0.802. The van der Waals surface area contributed by atoms with E-state index in [4.69, 9.17) is 4.74 Å². The summed E-state index contributed by atoms with van der Waals surface area (Å²) in [7, 11) is -3.33. The van der Waals surface area contributed by atoms with Gasteiger partial charge in [0.1, 0.15) is 5.60 Å². The van der Waals surface area contributed by atoms with Crippen LogP contribution in [-0.4, -0.2) is 26.2 Å². The fourth-order valence-electron chi connectivity index (χ4n) is 1.37. The van der Waals surface area contributed by atoms with Crippen molar-refractivity contribution in [2.45, 2.75) is 37.4 Å². The van der Waals surface area contributed by atoms with Crippen molar-refractivity contribution in [1.29, 1.82) is 0 Å². The molecule has 1 aromatic rings. The zero-order valence-corrected chi connectivity index (χ0v) is 12.1. The standard InChI is InChI=1S/C13H17FO4S/c1-13(2,3)18-12(15)11(14)9-5-7-10(8-6-9)19(4,16)17/h5-8,11H,1-4H3. The number of esters is 1. The Morgan fingerprint density at radius 3 is 2.05 bits per heavy atom. The lowest BCUT2D eigenvalue weighted by Crippen LogP contribution is -2.26. The van der Waals surface area contributed by atoms with E-state index in [9.17, 15) is 17.6 Å². The van der Waals surface area contributed by atoms with E-state index >= 15 is 0 Å². The summed E-state index contributed by atoms with van der Waals surface area (Å²) in [5.74, 6) is -0.986. The van der Waals surface area contributed by atoms with Gasteiger partial charge in [0.05, 0.1) is 4.90 Å². The summed E-state index contributed by atoms with van der Waals surface area (Å²) >= 11 is 0. The van der Waals surface area contributed by atoms with Crippen LogP contribution in [0.2, 0.25) is 0 Å². The maximum Gasteiger partial charge on any atom is 0.345 e. The highest BCUT2D eigenvalue weighted by atomic mass is 32.2. The molecule has 0 aliphatic carbocycles. The molecule has 0 saturated heterocycles. The second-order valence-electron chi connectivity index (χ2n) is 5.24. The molecule has 0 spiro atoms. The summed E-state index contributed by atoms with van der Waals surface area (Å²) in [6, 6.07) is 5.07. The second-order valence-corrected chi connectivity index (χ2v) is 7.25. The highest BCUT2D eigenvalue weighted by molar-refractivity contribution is 7.90. The first kappa shape index (κ1) is 15.6. The van der Waals surface area contributed by atoms with Gasteiger partial charge in [-0.25, -0.2) is 17.6 Å². The Balaban J connectivity index is 2.90. The van der Waals surface area contributed by atoms with Crippen LogP contribution in [0.5, 0.6) is 0 Å². The van der Waals surface area contributed by atoms with Gasteiger partial charge in [0.15, 0.2) is 9.84 Å². The fourth-order valence-corrected chi connectivity index (χ4v) is 2.00. The summed E-state index contributed by atoms with van der Waals surface area (Å²) in [5, 5.41) is 0. The average Bonchev–Trinajstić information content (AvgIpc) is 2.24. The number of carbonyl (C=O) groups is 1. The van der Waals surface area contributed by atoms with Gasteiger partial charge in [-0.2, -0.15) is 0 Å². The lowest BCUT2D eigenvalue weighted by atomic mass is 10.1. The van der Waals surface area contributed by atoms with E-state index in [1.165, 1.54) is 24.3 Å². The molecule has 0 aliphatic heterocycles. The van der Waals surface area contributed by atoms with Crippen LogP contribution < -0.4 is 0 Å². The molecule has 1 rings (SSSR count). The van der Waals surface area contributed by atoms with Crippen molar-refractivity contribution in [3.05, 3.63) is 29.8 Å². The molecule has 0 fully saturated rings. The Labute approximate surface area is 112 Å². The van der Waals surface area contributed by atoms with Crippen LogP contribution in [-0.2, 0) is 19.4 Å². The number of ether oxygens (including phenoxy) is 1. The highest BCUT2D eigenvalue weighted by Crippen LogP contribution is 2.23. The minimum Gasteiger partial charge on any atom is -0.458 e. The molecule has 1 aromatic carbocycles. The minimum atomic E-state index is -3.33. The van der Waals surface area contributed by atoms with E-state index in [0.717, 1.165) is 6.26 Å². The van der Waals surface area contributed by atoms with Crippen LogP contribution in [0.1, 0.15) is 32.5 Å². The zero-order chi connectivity index (χ0) is 14.8. The molecular weight excluding hydrogens is 271 g/mol. The van der Waals surface area contributed by atoms with Crippen LogP contribution in [0.15, 0.2) is 29.2 Å². The number of alkyl halides is 1. The Bertz CT molecular complexity index is 555. The van der Waals surface area contributed by atoms with Crippen molar-refractivity contribution in [2.75, 3.05) is 6.26 Å². The third kappa shape index (κ3) is 4.63. The molecule has 6 heteroatoms. The van der Waals surface area contributed by atoms with Crippen molar-refractivity contribution in [3.63, 3.8) is 0 Å². The molecule has 1 atom stereocenters. The Hall–Kier alpha value is -1.43. The monoisotopic (exact) mass is 288 g/mol. The minimum absolute atomic E-state index is 0.0710. The number of benzene rings is 1. The maximum absolute atomic E-state index is 13.9. The first-order chi connectivity index (χ1) is 8.50. The number of hydrogen-bond donors (Lipinski definition) is 0. The van der Waals surface area contributed by atoms with Crippen molar-refractivity contribution in [2.24, 2.45) is 0 Å². The van der Waals surface area contributed by atoms with Gasteiger partial charge in [0.25, 0.3) is 0 Å². The summed E-state index contributed by atoms with van der Waals surface area (Å²) in [6.07, 6.45) is -0.865. The van der Waals surface area contributed by atoms with E-state index in [-0.39, 0.29) is 10.5 Å². The van der Waals surface area contributed by atoms with Crippen molar-refractivity contribution in [3.8, 4) is 0 Å². The number of halogens is 1. The molecule has 0 N–H and O–H groups in total. The molecule has 0 amide bonds. The van der Waals surface area contributed by atoms with Gasteiger partial charge in [0, 0.05) is 6.26 Å². The molecular formula is C13H17FO4S. The lowest BCUT2D eigenvalue weighted by molar-refractivity contribution is -0.161. The molecule has 0 aromatic heterocycles. The predicted octanol–water partition coefficient (Wildman–Crippen LogP) is 2.44. The van der Waals surface area contributed by atoms with Crippen LogP contribution in [0.3, 0.4) is 0 Å². The van der Waals surface area contributed by atoms with E-state index in [2.05, 4.69) is 0 Å². The molecule has 1 unspecified atom stereocenters. The van der Waals surface area contributed by atoms with Gasteiger partial charge in [-0.15, -0.1) is 0 Å². The molecule has 19 heavy (non-hydrogen) atoms. The Morgan fingerprint density at radius 2 is 1.68 bits per heavy atom. The average molecular weight is 288 g/mol. The highest BCUT2D eigenvalue weighted by Gasteiger charge is 2.26. The maximum atomic E-state index is 13.9. The molecule has 0 aliphatic rings. The molecule has 0 heterocycles. The lowest BCUT2D eigenvalue weighted by Gasteiger charge is -2.21. The van der Waals surface area contributed by atoms with Crippen LogP contribution in [0.25, 0.3) is 0 Å².